The second kappa shape index (κ2) is 5.16. The fourth-order valence-corrected chi connectivity index (χ4v) is 3.01. The predicted molar refractivity (Wildman–Crippen MR) is 82.3 cm³/mol. The first-order valence-electron chi connectivity index (χ1n) is 7.36. The quantitative estimate of drug-likeness (QED) is 0.783. The largest absolute Gasteiger partial charge is 0.355 e. The molecular weight excluding hydrogens is 262 g/mol. The van der Waals surface area contributed by atoms with Crippen LogP contribution in [-0.2, 0) is 0 Å². The van der Waals surface area contributed by atoms with Gasteiger partial charge in [-0.15, -0.1) is 0 Å². The molecule has 0 aliphatic carbocycles. The van der Waals surface area contributed by atoms with Crippen molar-refractivity contribution in [3.63, 3.8) is 0 Å². The van der Waals surface area contributed by atoms with E-state index < -0.39 is 0 Å². The van der Waals surface area contributed by atoms with Gasteiger partial charge in [0.15, 0.2) is 0 Å². The molecule has 1 atom stereocenters. The highest BCUT2D eigenvalue weighted by molar-refractivity contribution is 5.75. The molecule has 0 saturated carbocycles. The van der Waals surface area contributed by atoms with Crippen LogP contribution in [-0.4, -0.2) is 33.0 Å². The Bertz CT molecular complexity index is 737. The summed E-state index contributed by atoms with van der Waals surface area (Å²) in [5.41, 5.74) is 1.90. The molecule has 3 heterocycles. The summed E-state index contributed by atoms with van der Waals surface area (Å²) >= 11 is 0. The number of aromatic nitrogens is 4. The smallest absolute Gasteiger partial charge is 0.147 e. The molecule has 0 spiro atoms. The number of nitrogens with zero attached hydrogens (tertiary/aromatic N) is 4. The van der Waals surface area contributed by atoms with E-state index in [4.69, 9.17) is 4.98 Å². The van der Waals surface area contributed by atoms with Crippen LogP contribution < -0.4 is 4.90 Å². The van der Waals surface area contributed by atoms with Crippen molar-refractivity contribution in [2.75, 3.05) is 18.0 Å². The van der Waals surface area contributed by atoms with E-state index >= 15 is 0 Å². The van der Waals surface area contributed by atoms with Crippen molar-refractivity contribution in [1.82, 2.24) is 19.9 Å². The van der Waals surface area contributed by atoms with Gasteiger partial charge in [-0.05, 0) is 25.0 Å². The molecule has 0 amide bonds. The highest BCUT2D eigenvalue weighted by atomic mass is 15.2. The monoisotopic (exact) mass is 279 g/mol. The van der Waals surface area contributed by atoms with Crippen molar-refractivity contribution in [3.05, 3.63) is 48.7 Å². The Hall–Kier alpha value is -2.43. The van der Waals surface area contributed by atoms with E-state index in [0.29, 0.717) is 5.92 Å². The number of para-hydroxylation sites is 2. The van der Waals surface area contributed by atoms with Gasteiger partial charge in [0.2, 0.25) is 0 Å². The van der Waals surface area contributed by atoms with E-state index in [-0.39, 0.29) is 0 Å². The van der Waals surface area contributed by atoms with E-state index in [1.54, 1.807) is 0 Å². The lowest BCUT2D eigenvalue weighted by atomic mass is 9.97. The standard InChI is InChI=1S/C16H17N5/c1-2-6-14-13(5-1)19-10-15(20-14)21-9-3-4-12(11-21)16-17-7-8-18-16/h1-2,5-8,10,12H,3-4,9,11H2,(H,17,18)/t12-/m0/s1. The maximum absolute atomic E-state index is 4.75. The zero-order chi connectivity index (χ0) is 14.1. The zero-order valence-electron chi connectivity index (χ0n) is 11.7. The van der Waals surface area contributed by atoms with Gasteiger partial charge < -0.3 is 9.88 Å². The van der Waals surface area contributed by atoms with Crippen LogP contribution >= 0.6 is 0 Å². The summed E-state index contributed by atoms with van der Waals surface area (Å²) in [5.74, 6) is 2.49. The normalized spacial score (nSPS) is 19.0. The molecule has 0 unspecified atom stereocenters. The number of nitrogens with one attached hydrogen (secondary N) is 1. The highest BCUT2D eigenvalue weighted by Gasteiger charge is 2.24. The number of hydrogen-bond donors (Lipinski definition) is 1. The summed E-state index contributed by atoms with van der Waals surface area (Å²) in [6, 6.07) is 8.00. The van der Waals surface area contributed by atoms with Crippen LogP contribution in [0.1, 0.15) is 24.6 Å². The van der Waals surface area contributed by atoms with Crippen LogP contribution in [0.4, 0.5) is 5.82 Å². The van der Waals surface area contributed by atoms with Crippen LogP contribution in [0.15, 0.2) is 42.9 Å². The Morgan fingerprint density at radius 1 is 1.14 bits per heavy atom. The van der Waals surface area contributed by atoms with Gasteiger partial charge in [-0.25, -0.2) is 9.97 Å². The third-order valence-electron chi connectivity index (χ3n) is 4.09. The number of hydrogen-bond acceptors (Lipinski definition) is 4. The van der Waals surface area contributed by atoms with Crippen molar-refractivity contribution in [2.45, 2.75) is 18.8 Å². The molecule has 0 radical (unpaired) electrons. The van der Waals surface area contributed by atoms with Gasteiger partial charge >= 0.3 is 0 Å². The number of aromatic amines is 1. The number of piperidine rings is 1. The average Bonchev–Trinajstić information content (AvgIpc) is 3.09. The van der Waals surface area contributed by atoms with Gasteiger partial charge in [0.25, 0.3) is 0 Å². The minimum atomic E-state index is 0.446. The molecule has 1 aromatic carbocycles. The van der Waals surface area contributed by atoms with Crippen LogP contribution in [0.3, 0.4) is 0 Å². The first kappa shape index (κ1) is 12.3. The SMILES string of the molecule is c1ccc2nc(N3CCC[C@H](c4ncc[nH]4)C3)cnc2c1. The average molecular weight is 279 g/mol. The van der Waals surface area contributed by atoms with Crippen molar-refractivity contribution < 1.29 is 0 Å². The van der Waals surface area contributed by atoms with Gasteiger partial charge in [-0.2, -0.15) is 0 Å². The van der Waals surface area contributed by atoms with Crippen LogP contribution in [0.2, 0.25) is 0 Å². The lowest BCUT2D eigenvalue weighted by molar-refractivity contribution is 0.491. The molecule has 5 heteroatoms. The lowest BCUT2D eigenvalue weighted by Gasteiger charge is -2.32. The summed E-state index contributed by atoms with van der Waals surface area (Å²) < 4.78 is 0. The number of anilines is 1. The van der Waals surface area contributed by atoms with Gasteiger partial charge in [-0.3, -0.25) is 4.98 Å². The molecule has 2 aromatic heterocycles. The molecule has 1 fully saturated rings. The number of H-pyrrole nitrogens is 1. The minimum absolute atomic E-state index is 0.446. The summed E-state index contributed by atoms with van der Waals surface area (Å²) in [4.78, 5) is 19.2. The summed E-state index contributed by atoms with van der Waals surface area (Å²) in [6.45, 7) is 1.98. The molecule has 0 bridgehead atoms. The Morgan fingerprint density at radius 3 is 2.90 bits per heavy atom. The number of benzene rings is 1. The molecule has 3 aromatic rings. The van der Waals surface area contributed by atoms with E-state index in [2.05, 4.69) is 19.9 Å². The Labute approximate surface area is 123 Å². The van der Waals surface area contributed by atoms with Crippen LogP contribution in [0, 0.1) is 0 Å². The fourth-order valence-electron chi connectivity index (χ4n) is 3.01. The first-order valence-corrected chi connectivity index (χ1v) is 7.36. The number of rotatable bonds is 2. The molecule has 1 aliphatic heterocycles. The van der Waals surface area contributed by atoms with Crippen molar-refractivity contribution in [2.24, 2.45) is 0 Å². The van der Waals surface area contributed by atoms with Gasteiger partial charge in [-0.1, -0.05) is 12.1 Å². The van der Waals surface area contributed by atoms with E-state index in [1.807, 2.05) is 42.9 Å². The number of fused-ring (bicyclic) bond motifs is 1. The second-order valence-corrected chi connectivity index (χ2v) is 5.48. The van der Waals surface area contributed by atoms with E-state index in [1.165, 1.54) is 6.42 Å². The molecule has 106 valence electrons. The number of imidazole rings is 1. The zero-order valence-corrected chi connectivity index (χ0v) is 11.7. The first-order chi connectivity index (χ1) is 10.4. The summed E-state index contributed by atoms with van der Waals surface area (Å²) in [6.07, 6.45) is 7.92. The van der Waals surface area contributed by atoms with Gasteiger partial charge in [0.05, 0.1) is 17.2 Å². The highest BCUT2D eigenvalue weighted by Crippen LogP contribution is 2.27. The van der Waals surface area contributed by atoms with Crippen molar-refractivity contribution >= 4 is 16.9 Å². The minimum Gasteiger partial charge on any atom is -0.355 e. The molecular formula is C16H17N5. The van der Waals surface area contributed by atoms with Crippen LogP contribution in [0.25, 0.3) is 11.0 Å². The summed E-state index contributed by atoms with van der Waals surface area (Å²) in [7, 11) is 0. The third-order valence-corrected chi connectivity index (χ3v) is 4.09. The molecule has 5 nitrogen and oxygen atoms in total. The fraction of sp³-hybridized carbons (Fsp3) is 0.312. The van der Waals surface area contributed by atoms with Gasteiger partial charge in [0, 0.05) is 31.4 Å². The predicted octanol–water partition coefficient (Wildman–Crippen LogP) is 2.74. The van der Waals surface area contributed by atoms with Crippen LogP contribution in [0.5, 0.6) is 0 Å². The molecule has 4 rings (SSSR count). The topological polar surface area (TPSA) is 57.7 Å². The Kier molecular flexibility index (Phi) is 3.03. The third kappa shape index (κ3) is 2.35. The Morgan fingerprint density at radius 2 is 2.05 bits per heavy atom. The van der Waals surface area contributed by atoms with E-state index in [0.717, 1.165) is 42.2 Å². The Balaban J connectivity index is 1.62. The maximum Gasteiger partial charge on any atom is 0.147 e. The molecule has 1 N–H and O–H groups in total. The van der Waals surface area contributed by atoms with Crippen molar-refractivity contribution in [1.29, 1.82) is 0 Å². The lowest BCUT2D eigenvalue weighted by Crippen LogP contribution is -2.35. The molecule has 1 saturated heterocycles. The summed E-state index contributed by atoms with van der Waals surface area (Å²) in [5, 5.41) is 0. The van der Waals surface area contributed by atoms with Gasteiger partial charge in [0.1, 0.15) is 11.6 Å². The van der Waals surface area contributed by atoms with E-state index in [9.17, 15) is 0 Å². The maximum atomic E-state index is 4.75. The molecule has 1 aliphatic rings. The second-order valence-electron chi connectivity index (χ2n) is 5.48. The molecule has 21 heavy (non-hydrogen) atoms. The van der Waals surface area contributed by atoms with Crippen molar-refractivity contribution in [3.8, 4) is 0 Å².